The lowest BCUT2D eigenvalue weighted by atomic mass is 9.89. The van der Waals surface area contributed by atoms with Gasteiger partial charge in [-0.1, -0.05) is 32.4 Å². The molecule has 0 spiro atoms. The Balaban J connectivity index is 3.16. The molecule has 0 aliphatic rings. The molecular weight excluding hydrogens is 170 g/mol. The highest BCUT2D eigenvalue weighted by atomic mass is 35.5. The van der Waals surface area contributed by atoms with Gasteiger partial charge in [0, 0.05) is 8.94 Å². The number of hydrogen-bond acceptors (Lipinski definition) is 1. The quantitative estimate of drug-likeness (QED) is 0.612. The zero-order chi connectivity index (χ0) is 11.0. The van der Waals surface area contributed by atoms with Crippen LogP contribution in [0.25, 0.3) is 0 Å². The molecule has 1 aromatic heterocycles. The van der Waals surface area contributed by atoms with E-state index >= 15 is 0 Å². The second-order valence-electron chi connectivity index (χ2n) is 3.74. The fourth-order valence-electron chi connectivity index (χ4n) is 0.913. The maximum absolute atomic E-state index is 8.00. The van der Waals surface area contributed by atoms with Gasteiger partial charge in [0.05, 0.1) is 0 Å². The Morgan fingerprint density at radius 3 is 2.75 bits per heavy atom. The van der Waals surface area contributed by atoms with E-state index in [-0.39, 0.29) is 0 Å². The largest absolute Gasteiger partial charge is 0.245 e. The highest BCUT2D eigenvalue weighted by Gasteiger charge is 2.10. The SMILES string of the molecule is [2H]C([2H])(c1ccnc(Cl)c1)C(C)(C)C. The summed E-state index contributed by atoms with van der Waals surface area (Å²) >= 11 is 5.72. The minimum atomic E-state index is -1.40. The van der Waals surface area contributed by atoms with E-state index in [9.17, 15) is 0 Å². The van der Waals surface area contributed by atoms with Crippen molar-refractivity contribution in [2.75, 3.05) is 0 Å². The third-order valence-electron chi connectivity index (χ3n) is 1.25. The van der Waals surface area contributed by atoms with Crippen LogP contribution in [0.1, 0.15) is 29.1 Å². The topological polar surface area (TPSA) is 12.9 Å². The van der Waals surface area contributed by atoms with Gasteiger partial charge in [-0.3, -0.25) is 0 Å². The van der Waals surface area contributed by atoms with Crippen LogP contribution in [0.15, 0.2) is 18.3 Å². The average Bonchev–Trinajstić information content (AvgIpc) is 2.02. The fourth-order valence-corrected chi connectivity index (χ4v) is 1.09. The molecule has 0 aliphatic carbocycles. The van der Waals surface area contributed by atoms with Crippen LogP contribution in [0.5, 0.6) is 0 Å². The first kappa shape index (κ1) is 6.90. The monoisotopic (exact) mass is 185 g/mol. The van der Waals surface area contributed by atoms with Crippen LogP contribution >= 0.6 is 11.6 Å². The van der Waals surface area contributed by atoms with Crippen molar-refractivity contribution in [2.45, 2.75) is 27.1 Å². The van der Waals surface area contributed by atoms with Crippen LogP contribution in [-0.4, -0.2) is 4.98 Å². The maximum atomic E-state index is 8.00. The first-order chi connectivity index (χ1) is 6.25. The summed E-state index contributed by atoms with van der Waals surface area (Å²) in [5.74, 6) is 0. The molecule has 1 aromatic rings. The molecule has 1 nitrogen and oxygen atoms in total. The normalized spacial score (nSPS) is 15.3. The van der Waals surface area contributed by atoms with Crippen molar-refractivity contribution in [3.05, 3.63) is 29.0 Å². The molecule has 0 N–H and O–H groups in total. The number of nitrogens with zero attached hydrogens (tertiary/aromatic N) is 1. The van der Waals surface area contributed by atoms with Crippen molar-refractivity contribution in [3.63, 3.8) is 0 Å². The molecule has 0 bridgehead atoms. The number of hydrogen-bond donors (Lipinski definition) is 0. The molecule has 12 heavy (non-hydrogen) atoms. The van der Waals surface area contributed by atoms with Crippen LogP contribution in [0.3, 0.4) is 0 Å². The Morgan fingerprint density at radius 2 is 2.25 bits per heavy atom. The van der Waals surface area contributed by atoms with Crippen LogP contribution in [-0.2, 0) is 6.37 Å². The first-order valence-corrected chi connectivity index (χ1v) is 4.25. The summed E-state index contributed by atoms with van der Waals surface area (Å²) in [5, 5.41) is 0.329. The standard InChI is InChI=1S/C10H14ClN/c1-10(2,3)7-8-4-5-12-9(11)6-8/h4-6H,7H2,1-3H3/i7D2. The minimum absolute atomic E-state index is 0.329. The molecule has 0 unspecified atom stereocenters. The summed E-state index contributed by atoms with van der Waals surface area (Å²) in [5.41, 5.74) is 0.113. The van der Waals surface area contributed by atoms with Gasteiger partial charge in [-0.05, 0) is 29.5 Å². The van der Waals surface area contributed by atoms with Crippen LogP contribution < -0.4 is 0 Å². The van der Waals surface area contributed by atoms with E-state index in [0.717, 1.165) is 0 Å². The number of halogens is 1. The van der Waals surface area contributed by atoms with Gasteiger partial charge >= 0.3 is 0 Å². The molecule has 66 valence electrons. The molecule has 0 saturated heterocycles. The lowest BCUT2D eigenvalue weighted by Gasteiger charge is -2.17. The van der Waals surface area contributed by atoms with Crippen LogP contribution in [0, 0.1) is 5.41 Å². The van der Waals surface area contributed by atoms with E-state index in [1.165, 1.54) is 6.20 Å². The van der Waals surface area contributed by atoms with E-state index in [2.05, 4.69) is 4.98 Å². The molecule has 1 rings (SSSR count). The van der Waals surface area contributed by atoms with E-state index < -0.39 is 11.8 Å². The summed E-state index contributed by atoms with van der Waals surface area (Å²) in [6.07, 6.45) is 0.126. The number of aromatic nitrogens is 1. The lowest BCUT2D eigenvalue weighted by Crippen LogP contribution is -2.08. The Morgan fingerprint density at radius 1 is 1.58 bits per heavy atom. The summed E-state index contributed by atoms with van der Waals surface area (Å²) in [6.45, 7) is 5.59. The van der Waals surface area contributed by atoms with Crippen molar-refractivity contribution in [1.29, 1.82) is 0 Å². The van der Waals surface area contributed by atoms with Gasteiger partial charge in [0.1, 0.15) is 5.15 Å². The molecule has 0 atom stereocenters. The Hall–Kier alpha value is -0.560. The van der Waals surface area contributed by atoms with Crippen molar-refractivity contribution < 1.29 is 2.74 Å². The highest BCUT2D eigenvalue weighted by Crippen LogP contribution is 2.21. The van der Waals surface area contributed by atoms with Crippen LogP contribution in [0.2, 0.25) is 5.15 Å². The third kappa shape index (κ3) is 3.22. The summed E-state index contributed by atoms with van der Waals surface area (Å²) in [6, 6.07) is 3.24. The molecule has 0 amide bonds. The molecule has 0 fully saturated rings. The van der Waals surface area contributed by atoms with Gasteiger partial charge < -0.3 is 0 Å². The zero-order valence-electron chi connectivity index (χ0n) is 9.56. The van der Waals surface area contributed by atoms with E-state index in [4.69, 9.17) is 14.3 Å². The summed E-state index contributed by atoms with van der Waals surface area (Å²) in [4.78, 5) is 3.83. The maximum Gasteiger partial charge on any atom is 0.129 e. The minimum Gasteiger partial charge on any atom is -0.245 e. The van der Waals surface area contributed by atoms with E-state index in [1.54, 1.807) is 12.1 Å². The summed E-state index contributed by atoms with van der Waals surface area (Å²) < 4.78 is 16.0. The van der Waals surface area contributed by atoms with Crippen molar-refractivity contribution in [2.24, 2.45) is 5.41 Å². The third-order valence-corrected chi connectivity index (χ3v) is 1.45. The Bertz CT molecular complexity index is 331. The first-order valence-electron chi connectivity index (χ1n) is 4.87. The Kier molecular flexibility index (Phi) is 1.98. The fraction of sp³-hybridized carbons (Fsp3) is 0.500. The van der Waals surface area contributed by atoms with Gasteiger partial charge in [0.2, 0.25) is 0 Å². The van der Waals surface area contributed by atoms with Gasteiger partial charge in [-0.25, -0.2) is 4.98 Å². The molecular formula is C10H14ClN. The number of rotatable bonds is 1. The van der Waals surface area contributed by atoms with Gasteiger partial charge in [0.15, 0.2) is 0 Å². The van der Waals surface area contributed by atoms with Gasteiger partial charge in [0.25, 0.3) is 0 Å². The van der Waals surface area contributed by atoms with E-state index in [0.29, 0.717) is 10.7 Å². The second-order valence-corrected chi connectivity index (χ2v) is 4.13. The second kappa shape index (κ2) is 3.44. The molecule has 0 radical (unpaired) electrons. The molecule has 2 heteroatoms. The lowest BCUT2D eigenvalue weighted by molar-refractivity contribution is 0.411. The van der Waals surface area contributed by atoms with Crippen LogP contribution in [0.4, 0.5) is 0 Å². The average molecular weight is 186 g/mol. The number of pyridine rings is 1. The van der Waals surface area contributed by atoms with Gasteiger partial charge in [-0.15, -0.1) is 0 Å². The smallest absolute Gasteiger partial charge is 0.129 e. The summed E-state index contributed by atoms with van der Waals surface area (Å²) in [7, 11) is 0. The molecule has 1 heterocycles. The molecule has 0 aromatic carbocycles. The van der Waals surface area contributed by atoms with Crippen molar-refractivity contribution in [3.8, 4) is 0 Å². The van der Waals surface area contributed by atoms with Crippen molar-refractivity contribution in [1.82, 2.24) is 4.98 Å². The van der Waals surface area contributed by atoms with Gasteiger partial charge in [-0.2, -0.15) is 0 Å². The zero-order valence-corrected chi connectivity index (χ0v) is 8.31. The highest BCUT2D eigenvalue weighted by molar-refractivity contribution is 6.29. The van der Waals surface area contributed by atoms with E-state index in [1.807, 2.05) is 20.8 Å². The molecule has 0 saturated carbocycles. The van der Waals surface area contributed by atoms with Crippen molar-refractivity contribution >= 4 is 11.6 Å². The predicted octanol–water partition coefficient (Wildman–Crippen LogP) is 3.32. The molecule has 0 aliphatic heterocycles. The Labute approximate surface area is 81.6 Å². The predicted molar refractivity (Wildman–Crippen MR) is 52.4 cm³/mol.